The molecule has 2 aromatic carbocycles. The lowest BCUT2D eigenvalue weighted by atomic mass is 9.96. The number of carbonyl (C=O) groups excluding carboxylic acids is 1. The van der Waals surface area contributed by atoms with Crippen LogP contribution in [0.3, 0.4) is 0 Å². The first kappa shape index (κ1) is 26.1. The van der Waals surface area contributed by atoms with Gasteiger partial charge in [-0.1, -0.05) is 18.7 Å². The van der Waals surface area contributed by atoms with E-state index >= 15 is 4.39 Å². The Bertz CT molecular complexity index is 1860. The number of benzene rings is 2. The maximum absolute atomic E-state index is 15.4. The molecule has 0 spiro atoms. The van der Waals surface area contributed by atoms with Crippen molar-refractivity contribution in [1.82, 2.24) is 24.5 Å². The summed E-state index contributed by atoms with van der Waals surface area (Å²) >= 11 is 0. The average molecular weight is 550 g/mol. The lowest BCUT2D eigenvalue weighted by Gasteiger charge is -2.14. The van der Waals surface area contributed by atoms with E-state index in [4.69, 9.17) is 10.5 Å². The van der Waals surface area contributed by atoms with Crippen LogP contribution in [0.5, 0.6) is 11.8 Å². The number of carbonyl (C=O) groups is 1. The lowest BCUT2D eigenvalue weighted by Crippen LogP contribution is -2.14. The van der Waals surface area contributed by atoms with E-state index in [2.05, 4.69) is 31.8 Å². The summed E-state index contributed by atoms with van der Waals surface area (Å²) in [6.45, 7) is 7.70. The SMILES string of the molecule is C=C(C(=O)Nc1ccc(-c2c(-c3ccc(Oc4nccc(C)n4)c(F)c3)c3c(N)ncnc3n2C)c(C)c1)C1CC1. The highest BCUT2D eigenvalue weighted by molar-refractivity contribution is 6.08. The van der Waals surface area contributed by atoms with Gasteiger partial charge in [0.25, 0.3) is 5.91 Å². The number of nitrogen functional groups attached to an aromatic ring is 1. The second-order valence-electron chi connectivity index (χ2n) is 10.3. The van der Waals surface area contributed by atoms with Gasteiger partial charge in [0.15, 0.2) is 11.6 Å². The van der Waals surface area contributed by atoms with Crippen molar-refractivity contribution in [1.29, 1.82) is 0 Å². The average Bonchev–Trinajstić information content (AvgIpc) is 3.74. The van der Waals surface area contributed by atoms with Crippen molar-refractivity contribution in [3.05, 3.63) is 84.2 Å². The molecule has 41 heavy (non-hydrogen) atoms. The van der Waals surface area contributed by atoms with Crippen LogP contribution >= 0.6 is 0 Å². The first-order valence-corrected chi connectivity index (χ1v) is 13.2. The zero-order valence-corrected chi connectivity index (χ0v) is 22.9. The van der Waals surface area contributed by atoms with Gasteiger partial charge < -0.3 is 20.4 Å². The summed E-state index contributed by atoms with van der Waals surface area (Å²) in [5.41, 5.74) is 12.7. The minimum absolute atomic E-state index is 0.00517. The van der Waals surface area contributed by atoms with E-state index < -0.39 is 5.82 Å². The molecule has 1 saturated carbocycles. The van der Waals surface area contributed by atoms with E-state index in [0.29, 0.717) is 39.1 Å². The number of nitrogens with zero attached hydrogens (tertiary/aromatic N) is 5. The minimum atomic E-state index is -0.586. The largest absolute Gasteiger partial charge is 0.421 e. The van der Waals surface area contributed by atoms with Crippen LogP contribution in [-0.2, 0) is 11.8 Å². The molecule has 0 atom stereocenters. The van der Waals surface area contributed by atoms with Gasteiger partial charge in [-0.05, 0) is 74.1 Å². The summed E-state index contributed by atoms with van der Waals surface area (Å²) in [6, 6.07) is 12.2. The molecule has 1 aliphatic rings. The number of hydrogen-bond donors (Lipinski definition) is 2. The number of ether oxygens (including phenoxy) is 1. The Balaban J connectivity index is 1.43. The first-order valence-electron chi connectivity index (χ1n) is 13.2. The summed E-state index contributed by atoms with van der Waals surface area (Å²) in [7, 11) is 1.88. The molecule has 3 heterocycles. The molecule has 1 fully saturated rings. The van der Waals surface area contributed by atoms with Gasteiger partial charge in [0.1, 0.15) is 17.8 Å². The number of amides is 1. The molecular formula is C31H28FN7O2. The normalized spacial score (nSPS) is 12.9. The maximum atomic E-state index is 15.4. The van der Waals surface area contributed by atoms with Crippen LogP contribution in [0, 0.1) is 25.6 Å². The molecule has 5 aromatic rings. The molecule has 1 amide bonds. The van der Waals surface area contributed by atoms with E-state index in [1.165, 1.54) is 18.5 Å². The molecule has 3 aromatic heterocycles. The third-order valence-corrected chi connectivity index (χ3v) is 7.29. The number of aromatic nitrogens is 5. The van der Waals surface area contributed by atoms with Gasteiger partial charge in [-0.2, -0.15) is 0 Å². The van der Waals surface area contributed by atoms with Crippen LogP contribution in [-0.4, -0.2) is 30.4 Å². The molecule has 0 radical (unpaired) electrons. The summed E-state index contributed by atoms with van der Waals surface area (Å²) in [5, 5.41) is 3.56. The van der Waals surface area contributed by atoms with Crippen molar-refractivity contribution < 1.29 is 13.9 Å². The predicted molar refractivity (Wildman–Crippen MR) is 156 cm³/mol. The van der Waals surface area contributed by atoms with Crippen molar-refractivity contribution >= 4 is 28.4 Å². The summed E-state index contributed by atoms with van der Waals surface area (Å²) in [5.74, 6) is -0.199. The van der Waals surface area contributed by atoms with Crippen LogP contribution in [0.2, 0.25) is 0 Å². The molecule has 1 aliphatic carbocycles. The highest BCUT2D eigenvalue weighted by Gasteiger charge is 2.29. The smallest absolute Gasteiger partial charge is 0.322 e. The summed E-state index contributed by atoms with van der Waals surface area (Å²) in [4.78, 5) is 29.5. The Labute approximate surface area is 236 Å². The van der Waals surface area contributed by atoms with Gasteiger partial charge in [0.05, 0.1) is 11.1 Å². The molecule has 0 bridgehead atoms. The Morgan fingerprint density at radius 2 is 1.93 bits per heavy atom. The summed E-state index contributed by atoms with van der Waals surface area (Å²) in [6.07, 6.45) is 4.97. The minimum Gasteiger partial charge on any atom is -0.421 e. The topological polar surface area (TPSA) is 121 Å². The Kier molecular flexibility index (Phi) is 6.45. The highest BCUT2D eigenvalue weighted by atomic mass is 19.1. The quantitative estimate of drug-likeness (QED) is 0.234. The fraction of sp³-hybridized carbons (Fsp3) is 0.194. The Morgan fingerprint density at radius 3 is 2.63 bits per heavy atom. The third-order valence-electron chi connectivity index (χ3n) is 7.29. The second kappa shape index (κ2) is 10.1. The number of nitrogens with two attached hydrogens (primary N) is 1. The number of aryl methyl sites for hydroxylation is 3. The van der Waals surface area contributed by atoms with Gasteiger partial charge >= 0.3 is 6.01 Å². The van der Waals surface area contributed by atoms with Gasteiger partial charge in [0.2, 0.25) is 0 Å². The molecule has 0 saturated heterocycles. The van der Waals surface area contributed by atoms with Crippen LogP contribution in [0.4, 0.5) is 15.9 Å². The fourth-order valence-corrected chi connectivity index (χ4v) is 5.02. The van der Waals surface area contributed by atoms with E-state index in [9.17, 15) is 4.79 Å². The lowest BCUT2D eigenvalue weighted by molar-refractivity contribution is -0.113. The highest BCUT2D eigenvalue weighted by Crippen LogP contribution is 2.44. The van der Waals surface area contributed by atoms with Crippen LogP contribution in [0.1, 0.15) is 24.1 Å². The molecule has 3 N–H and O–H groups in total. The number of rotatable bonds is 7. The number of anilines is 2. The molecule has 10 heteroatoms. The van der Waals surface area contributed by atoms with Crippen molar-refractivity contribution in [2.24, 2.45) is 13.0 Å². The molecule has 9 nitrogen and oxygen atoms in total. The Morgan fingerprint density at radius 1 is 1.12 bits per heavy atom. The van der Waals surface area contributed by atoms with Crippen LogP contribution < -0.4 is 15.8 Å². The number of nitrogens with one attached hydrogen (secondary N) is 1. The fourth-order valence-electron chi connectivity index (χ4n) is 5.02. The molecule has 6 rings (SSSR count). The first-order chi connectivity index (χ1) is 19.7. The van der Waals surface area contributed by atoms with Gasteiger partial charge in [0, 0.05) is 41.3 Å². The Hall–Kier alpha value is -5.12. The maximum Gasteiger partial charge on any atom is 0.322 e. The molecule has 206 valence electrons. The molecule has 0 unspecified atom stereocenters. The molecular weight excluding hydrogens is 521 g/mol. The van der Waals surface area contributed by atoms with Gasteiger partial charge in [-0.3, -0.25) is 4.79 Å². The van der Waals surface area contributed by atoms with E-state index in [1.807, 2.05) is 36.7 Å². The molecule has 0 aliphatic heterocycles. The van der Waals surface area contributed by atoms with E-state index in [-0.39, 0.29) is 29.4 Å². The number of fused-ring (bicyclic) bond motifs is 1. The van der Waals surface area contributed by atoms with Crippen LogP contribution in [0.25, 0.3) is 33.4 Å². The summed E-state index contributed by atoms with van der Waals surface area (Å²) < 4.78 is 23.0. The van der Waals surface area contributed by atoms with Crippen LogP contribution in [0.15, 0.2) is 67.1 Å². The van der Waals surface area contributed by atoms with Crippen molar-refractivity contribution in [3.8, 4) is 34.1 Å². The van der Waals surface area contributed by atoms with Gasteiger partial charge in [-0.25, -0.2) is 24.3 Å². The van der Waals surface area contributed by atoms with Crippen molar-refractivity contribution in [2.45, 2.75) is 26.7 Å². The zero-order chi connectivity index (χ0) is 28.8. The number of hydrogen-bond acceptors (Lipinski definition) is 7. The van der Waals surface area contributed by atoms with E-state index in [0.717, 1.165) is 29.7 Å². The van der Waals surface area contributed by atoms with Gasteiger partial charge in [-0.15, -0.1) is 0 Å². The number of halogens is 1. The third kappa shape index (κ3) is 4.88. The monoisotopic (exact) mass is 549 g/mol. The standard InChI is InChI=1S/C31H28FN7O2/c1-16-13-21(38-30(40)18(3)19-5-6-19)8-9-22(16)27-25(26-28(33)35-15-36-29(26)39(27)4)20-7-10-24(23(32)14-20)41-31-34-12-11-17(2)37-31/h7-15,19H,3,5-6H2,1-2,4H3,(H,38,40)(H2,33,35,36). The zero-order valence-electron chi connectivity index (χ0n) is 22.9. The second-order valence-corrected chi connectivity index (χ2v) is 10.3. The van der Waals surface area contributed by atoms with Crippen molar-refractivity contribution in [3.63, 3.8) is 0 Å². The predicted octanol–water partition coefficient (Wildman–Crippen LogP) is 6.13. The van der Waals surface area contributed by atoms with Crippen molar-refractivity contribution in [2.75, 3.05) is 11.1 Å². The van der Waals surface area contributed by atoms with E-state index in [1.54, 1.807) is 25.3 Å².